The summed E-state index contributed by atoms with van der Waals surface area (Å²) in [4.78, 5) is 72.9. The Kier molecular flexibility index (Phi) is 69.9. The van der Waals surface area contributed by atoms with E-state index in [0.29, 0.717) is 25.7 Å². The molecular formula is C81H158O17P2. The average Bonchev–Trinajstić information content (AvgIpc) is 0.966. The van der Waals surface area contributed by atoms with Crippen molar-refractivity contribution in [3.63, 3.8) is 0 Å². The molecule has 0 aromatic carbocycles. The number of carbonyl (C=O) groups excluding carboxylic acids is 4. The number of hydrogen-bond donors (Lipinski definition) is 3. The van der Waals surface area contributed by atoms with Crippen molar-refractivity contribution in [1.29, 1.82) is 0 Å². The summed E-state index contributed by atoms with van der Waals surface area (Å²) in [5.41, 5.74) is 0. The Bertz CT molecular complexity index is 1940. The van der Waals surface area contributed by atoms with E-state index in [1.807, 2.05) is 0 Å². The van der Waals surface area contributed by atoms with Crippen molar-refractivity contribution < 1.29 is 80.2 Å². The lowest BCUT2D eigenvalue weighted by molar-refractivity contribution is -0.161. The molecule has 0 fully saturated rings. The van der Waals surface area contributed by atoms with Crippen LogP contribution in [0.4, 0.5) is 0 Å². The fourth-order valence-electron chi connectivity index (χ4n) is 12.5. The van der Waals surface area contributed by atoms with E-state index >= 15 is 0 Å². The van der Waals surface area contributed by atoms with Gasteiger partial charge >= 0.3 is 39.5 Å². The number of ether oxygens (including phenoxy) is 4. The van der Waals surface area contributed by atoms with Crippen molar-refractivity contribution in [2.24, 2.45) is 17.8 Å². The van der Waals surface area contributed by atoms with Crippen molar-refractivity contribution in [2.75, 3.05) is 39.6 Å². The quantitative estimate of drug-likeness (QED) is 0.0222. The molecule has 0 amide bonds. The van der Waals surface area contributed by atoms with Gasteiger partial charge in [0.05, 0.1) is 26.4 Å². The van der Waals surface area contributed by atoms with Crippen LogP contribution in [-0.4, -0.2) is 96.7 Å². The average molecular weight is 1470 g/mol. The Hall–Kier alpha value is -1.94. The first kappa shape index (κ1) is 98.1. The minimum atomic E-state index is -4.96. The third-order valence-electron chi connectivity index (χ3n) is 18.9. The highest BCUT2D eigenvalue weighted by Gasteiger charge is 2.30. The van der Waals surface area contributed by atoms with Gasteiger partial charge in [-0.15, -0.1) is 0 Å². The third-order valence-corrected chi connectivity index (χ3v) is 20.8. The molecule has 3 N–H and O–H groups in total. The molecule has 5 atom stereocenters. The topological polar surface area (TPSA) is 237 Å². The SMILES string of the molecule is CCCCCCCCCCC(=O)OC[C@H](COP(=O)(O)OC[C@H](O)COP(=O)(O)OC[C@@H](COC(=O)CCCCCCCCCCCCCCCCCC(C)C)OC(=O)CCCCCCCCCCCCCCCCCCCCC(C)C)OC(=O)CCCCCCCCCCCCC(C)C. The van der Waals surface area contributed by atoms with Gasteiger partial charge in [-0.1, -0.05) is 370 Å². The van der Waals surface area contributed by atoms with Crippen molar-refractivity contribution in [1.82, 2.24) is 0 Å². The third kappa shape index (κ3) is 74.3. The van der Waals surface area contributed by atoms with E-state index in [9.17, 15) is 43.2 Å². The van der Waals surface area contributed by atoms with Crippen LogP contribution in [0, 0.1) is 17.8 Å². The molecule has 2 unspecified atom stereocenters. The van der Waals surface area contributed by atoms with Gasteiger partial charge in [-0.25, -0.2) is 9.13 Å². The van der Waals surface area contributed by atoms with Crippen LogP contribution >= 0.6 is 15.6 Å². The van der Waals surface area contributed by atoms with E-state index in [0.717, 1.165) is 114 Å². The molecule has 100 heavy (non-hydrogen) atoms. The zero-order valence-corrected chi connectivity index (χ0v) is 67.5. The summed E-state index contributed by atoms with van der Waals surface area (Å²) >= 11 is 0. The Balaban J connectivity index is 5.19. The standard InChI is InChI=1S/C81H158O17P2/c1-8-9-10-11-12-41-48-55-62-78(83)91-68-76(97-81(86)65-58-51-44-37-31-30-34-40-47-54-61-74(6)7)70-95-99(87,88)93-66-75(82)67-94-100(89,90)96-71-77(69-92-79(84)63-56-49-42-35-28-24-21-17-19-23-27-33-39-46-53-60-73(4)5)98-80(85)64-57-50-43-36-29-25-20-16-14-13-15-18-22-26-32-38-45-52-59-72(2)3/h72-77,82H,8-71H2,1-7H3,(H,87,88)(H,89,90)/t75-,76+,77+/m0/s1. The van der Waals surface area contributed by atoms with Crippen molar-refractivity contribution in [3.8, 4) is 0 Å². The summed E-state index contributed by atoms with van der Waals surface area (Å²) < 4.78 is 68.6. The Labute approximate surface area is 613 Å². The molecule has 0 bridgehead atoms. The summed E-state index contributed by atoms with van der Waals surface area (Å²) in [6.45, 7) is 12.0. The van der Waals surface area contributed by atoms with Crippen molar-refractivity contribution in [3.05, 3.63) is 0 Å². The predicted molar refractivity (Wildman–Crippen MR) is 409 cm³/mol. The first-order chi connectivity index (χ1) is 48.2. The maximum absolute atomic E-state index is 13.1. The van der Waals surface area contributed by atoms with Gasteiger partial charge in [0.1, 0.15) is 19.3 Å². The molecule has 0 spiro atoms. The Morgan fingerprint density at radius 1 is 0.270 bits per heavy atom. The number of aliphatic hydroxyl groups excluding tert-OH is 1. The van der Waals surface area contributed by atoms with Gasteiger partial charge in [-0.3, -0.25) is 37.3 Å². The molecule has 19 heteroatoms. The molecule has 0 aliphatic carbocycles. The number of unbranched alkanes of at least 4 members (excludes halogenated alkanes) is 47. The fourth-order valence-corrected chi connectivity index (χ4v) is 14.1. The minimum Gasteiger partial charge on any atom is -0.462 e. The fraction of sp³-hybridized carbons (Fsp3) is 0.951. The van der Waals surface area contributed by atoms with Crippen LogP contribution in [-0.2, 0) is 65.4 Å². The van der Waals surface area contributed by atoms with E-state index in [1.54, 1.807) is 0 Å². The Morgan fingerprint density at radius 3 is 0.680 bits per heavy atom. The molecule has 0 rings (SSSR count). The summed E-state index contributed by atoms with van der Waals surface area (Å²) in [5, 5.41) is 10.6. The smallest absolute Gasteiger partial charge is 0.462 e. The van der Waals surface area contributed by atoms with Gasteiger partial charge in [0.2, 0.25) is 0 Å². The molecule has 594 valence electrons. The zero-order valence-electron chi connectivity index (χ0n) is 65.7. The number of esters is 4. The number of aliphatic hydroxyl groups is 1. The highest BCUT2D eigenvalue weighted by molar-refractivity contribution is 7.47. The van der Waals surface area contributed by atoms with Crippen molar-refractivity contribution in [2.45, 2.75) is 439 Å². The van der Waals surface area contributed by atoms with Crippen LogP contribution in [0.25, 0.3) is 0 Å². The van der Waals surface area contributed by atoms with Crippen molar-refractivity contribution >= 4 is 39.5 Å². The highest BCUT2D eigenvalue weighted by Crippen LogP contribution is 2.45. The molecule has 0 saturated heterocycles. The number of carbonyl (C=O) groups is 4. The molecule has 0 aliphatic heterocycles. The van der Waals surface area contributed by atoms with E-state index < -0.39 is 97.5 Å². The van der Waals surface area contributed by atoms with Crippen LogP contribution in [0.3, 0.4) is 0 Å². The maximum Gasteiger partial charge on any atom is 0.472 e. The number of phosphoric ester groups is 2. The van der Waals surface area contributed by atoms with Crippen LogP contribution in [0.2, 0.25) is 0 Å². The minimum absolute atomic E-state index is 0.106. The van der Waals surface area contributed by atoms with Gasteiger partial charge in [0.15, 0.2) is 12.2 Å². The first-order valence-electron chi connectivity index (χ1n) is 41.8. The van der Waals surface area contributed by atoms with Crippen LogP contribution in [0.5, 0.6) is 0 Å². The summed E-state index contributed by atoms with van der Waals surface area (Å²) in [5.74, 6) is 0.265. The van der Waals surface area contributed by atoms with E-state index in [1.165, 1.54) is 225 Å². The molecule has 0 aliphatic rings. The maximum atomic E-state index is 13.1. The molecule has 0 heterocycles. The van der Waals surface area contributed by atoms with E-state index in [-0.39, 0.29) is 25.7 Å². The van der Waals surface area contributed by atoms with Gasteiger partial charge in [0, 0.05) is 25.7 Å². The monoisotopic (exact) mass is 1470 g/mol. The molecule has 0 aromatic heterocycles. The second-order valence-corrected chi connectivity index (χ2v) is 33.5. The lowest BCUT2D eigenvalue weighted by Crippen LogP contribution is -2.30. The number of rotatable bonds is 79. The number of hydrogen-bond acceptors (Lipinski definition) is 15. The first-order valence-corrected chi connectivity index (χ1v) is 44.8. The van der Waals surface area contributed by atoms with Gasteiger partial charge < -0.3 is 33.8 Å². The van der Waals surface area contributed by atoms with Crippen LogP contribution < -0.4 is 0 Å². The van der Waals surface area contributed by atoms with Gasteiger partial charge in [-0.05, 0) is 43.4 Å². The Morgan fingerprint density at radius 2 is 0.460 bits per heavy atom. The van der Waals surface area contributed by atoms with Gasteiger partial charge in [0.25, 0.3) is 0 Å². The summed E-state index contributed by atoms with van der Waals surface area (Å²) in [7, 11) is -9.92. The zero-order chi connectivity index (χ0) is 73.7. The van der Waals surface area contributed by atoms with Crippen LogP contribution in [0.1, 0.15) is 421 Å². The van der Waals surface area contributed by atoms with E-state index in [2.05, 4.69) is 48.5 Å². The predicted octanol–water partition coefficient (Wildman–Crippen LogP) is 24.1. The number of phosphoric acid groups is 2. The van der Waals surface area contributed by atoms with Gasteiger partial charge in [-0.2, -0.15) is 0 Å². The van der Waals surface area contributed by atoms with E-state index in [4.69, 9.17) is 37.0 Å². The summed E-state index contributed by atoms with van der Waals surface area (Å²) in [6.07, 6.45) is 59.8. The van der Waals surface area contributed by atoms with Crippen LogP contribution in [0.15, 0.2) is 0 Å². The molecular weight excluding hydrogens is 1310 g/mol. The lowest BCUT2D eigenvalue weighted by Gasteiger charge is -2.21. The second-order valence-electron chi connectivity index (χ2n) is 30.6. The molecule has 0 radical (unpaired) electrons. The summed E-state index contributed by atoms with van der Waals surface area (Å²) in [6, 6.07) is 0. The largest absolute Gasteiger partial charge is 0.472 e. The molecule has 0 saturated carbocycles. The normalized spacial score (nSPS) is 14.0. The lowest BCUT2D eigenvalue weighted by atomic mass is 10.0. The molecule has 0 aromatic rings. The second kappa shape index (κ2) is 71.3. The molecule has 17 nitrogen and oxygen atoms in total. The highest BCUT2D eigenvalue weighted by atomic mass is 31.2.